The van der Waals surface area contributed by atoms with E-state index in [9.17, 15) is 27.2 Å². The van der Waals surface area contributed by atoms with Crippen molar-refractivity contribution >= 4 is 23.1 Å². The Labute approximate surface area is 169 Å². The minimum Gasteiger partial charge on any atom is -0.406 e. The average molecular weight is 420 g/mol. The van der Waals surface area contributed by atoms with Crippen molar-refractivity contribution < 1.29 is 31.9 Å². The molecule has 1 saturated heterocycles. The van der Waals surface area contributed by atoms with Crippen LogP contribution in [0, 0.1) is 5.82 Å². The van der Waals surface area contributed by atoms with Crippen molar-refractivity contribution in [3.63, 3.8) is 0 Å². The highest BCUT2D eigenvalue weighted by Gasteiger charge is 2.43. The van der Waals surface area contributed by atoms with Crippen molar-refractivity contribution in [2.45, 2.75) is 19.2 Å². The predicted octanol–water partition coefficient (Wildman–Crippen LogP) is 4.10. The molecule has 2 aliphatic heterocycles. The van der Waals surface area contributed by atoms with E-state index < -0.39 is 29.7 Å². The fourth-order valence-corrected chi connectivity index (χ4v) is 3.66. The summed E-state index contributed by atoms with van der Waals surface area (Å²) in [5.41, 5.74) is 0.891. The van der Waals surface area contributed by atoms with Gasteiger partial charge in [-0.15, -0.1) is 13.2 Å². The Kier molecular flexibility index (Phi) is 4.97. The zero-order valence-corrected chi connectivity index (χ0v) is 15.6. The molecule has 1 fully saturated rings. The van der Waals surface area contributed by atoms with Crippen LogP contribution in [-0.4, -0.2) is 36.2 Å². The van der Waals surface area contributed by atoms with Crippen LogP contribution in [0.3, 0.4) is 0 Å². The number of amides is 2. The third-order valence-electron chi connectivity index (χ3n) is 4.94. The number of anilines is 1. The van der Waals surface area contributed by atoms with Crippen molar-refractivity contribution in [3.8, 4) is 5.75 Å². The first kappa shape index (κ1) is 19.9. The third-order valence-corrected chi connectivity index (χ3v) is 4.94. The molecule has 0 N–H and O–H groups in total. The molecule has 0 saturated carbocycles. The maximum Gasteiger partial charge on any atom is 0.573 e. The van der Waals surface area contributed by atoms with Crippen LogP contribution in [0.2, 0.25) is 0 Å². The molecule has 9 heteroatoms. The van der Waals surface area contributed by atoms with Gasteiger partial charge in [0.05, 0.1) is 11.3 Å². The van der Waals surface area contributed by atoms with E-state index in [2.05, 4.69) is 4.74 Å². The van der Waals surface area contributed by atoms with Gasteiger partial charge in [-0.2, -0.15) is 0 Å². The zero-order valence-electron chi connectivity index (χ0n) is 15.6. The SMILES string of the molecule is O=C1C(c2ccc(F)cc2)=C(N2CCCC2)C(=O)N1c1ccc(OC(F)(F)F)cc1. The molecule has 2 aliphatic rings. The van der Waals surface area contributed by atoms with E-state index in [1.54, 1.807) is 0 Å². The van der Waals surface area contributed by atoms with Gasteiger partial charge in [0.1, 0.15) is 17.3 Å². The fraction of sp³-hybridized carbons (Fsp3) is 0.238. The van der Waals surface area contributed by atoms with Crippen molar-refractivity contribution in [3.05, 3.63) is 65.6 Å². The first-order chi connectivity index (χ1) is 14.2. The molecule has 0 radical (unpaired) electrons. The summed E-state index contributed by atoms with van der Waals surface area (Å²) in [5.74, 6) is -2.11. The van der Waals surface area contributed by atoms with Gasteiger partial charge in [-0.05, 0) is 54.8 Å². The molecule has 30 heavy (non-hydrogen) atoms. The lowest BCUT2D eigenvalue weighted by Crippen LogP contribution is -2.34. The van der Waals surface area contributed by atoms with E-state index in [-0.39, 0.29) is 17.0 Å². The lowest BCUT2D eigenvalue weighted by Gasteiger charge is -2.20. The molecule has 0 spiro atoms. The van der Waals surface area contributed by atoms with Crippen molar-refractivity contribution in [1.82, 2.24) is 4.90 Å². The van der Waals surface area contributed by atoms with Crippen LogP contribution in [-0.2, 0) is 9.59 Å². The van der Waals surface area contributed by atoms with Gasteiger partial charge in [-0.25, -0.2) is 9.29 Å². The topological polar surface area (TPSA) is 49.9 Å². The standard InChI is InChI=1S/C21H16F4N2O3/c22-14-5-3-13(4-6-14)17-18(26-11-1-2-12-26)20(29)27(19(17)28)15-7-9-16(10-8-15)30-21(23,24)25/h3-10H,1-2,11-12H2. The summed E-state index contributed by atoms with van der Waals surface area (Å²) in [6, 6.07) is 9.76. The number of rotatable bonds is 4. The molecule has 2 heterocycles. The lowest BCUT2D eigenvalue weighted by molar-refractivity contribution is -0.274. The van der Waals surface area contributed by atoms with Gasteiger partial charge in [-0.3, -0.25) is 9.59 Å². The number of carbonyl (C=O) groups is 2. The van der Waals surface area contributed by atoms with Crippen LogP contribution in [0.25, 0.3) is 5.57 Å². The Hall–Kier alpha value is -3.36. The molecule has 156 valence electrons. The number of carbonyl (C=O) groups excluding carboxylic acids is 2. The van der Waals surface area contributed by atoms with Gasteiger partial charge >= 0.3 is 6.36 Å². The third kappa shape index (κ3) is 3.74. The van der Waals surface area contributed by atoms with Crippen LogP contribution in [0.4, 0.5) is 23.2 Å². The highest BCUT2D eigenvalue weighted by atomic mass is 19.4. The zero-order chi connectivity index (χ0) is 21.5. The number of ether oxygens (including phenoxy) is 1. The number of imide groups is 1. The second kappa shape index (κ2) is 7.47. The molecular weight excluding hydrogens is 404 g/mol. The highest BCUT2D eigenvalue weighted by Crippen LogP contribution is 2.37. The second-order valence-electron chi connectivity index (χ2n) is 6.91. The van der Waals surface area contributed by atoms with Crippen LogP contribution in [0.15, 0.2) is 54.2 Å². The monoisotopic (exact) mass is 420 g/mol. The Morgan fingerprint density at radius 2 is 1.43 bits per heavy atom. The predicted molar refractivity (Wildman–Crippen MR) is 99.7 cm³/mol. The van der Waals surface area contributed by atoms with Gasteiger partial charge in [0.2, 0.25) is 0 Å². The van der Waals surface area contributed by atoms with E-state index in [1.807, 2.05) is 4.90 Å². The minimum absolute atomic E-state index is 0.119. The molecule has 5 nitrogen and oxygen atoms in total. The lowest BCUT2D eigenvalue weighted by atomic mass is 10.0. The van der Waals surface area contributed by atoms with E-state index in [0.29, 0.717) is 18.7 Å². The summed E-state index contributed by atoms with van der Waals surface area (Å²) >= 11 is 0. The largest absolute Gasteiger partial charge is 0.573 e. The summed E-state index contributed by atoms with van der Waals surface area (Å²) < 4.78 is 54.3. The van der Waals surface area contributed by atoms with E-state index in [1.165, 1.54) is 36.4 Å². The van der Waals surface area contributed by atoms with Gasteiger partial charge in [0.15, 0.2) is 0 Å². The minimum atomic E-state index is -4.85. The smallest absolute Gasteiger partial charge is 0.406 e. The Bertz CT molecular complexity index is 1010. The van der Waals surface area contributed by atoms with Crippen LogP contribution in [0.1, 0.15) is 18.4 Å². The molecule has 0 aromatic heterocycles. The van der Waals surface area contributed by atoms with E-state index >= 15 is 0 Å². The summed E-state index contributed by atoms with van der Waals surface area (Å²) in [6.45, 7) is 1.20. The maximum absolute atomic E-state index is 13.4. The molecule has 2 amide bonds. The molecule has 0 bridgehead atoms. The summed E-state index contributed by atoms with van der Waals surface area (Å²) in [6.07, 6.45) is -3.11. The number of nitrogens with zero attached hydrogens (tertiary/aromatic N) is 2. The molecule has 0 atom stereocenters. The summed E-state index contributed by atoms with van der Waals surface area (Å²) in [5, 5.41) is 0. The van der Waals surface area contributed by atoms with Crippen molar-refractivity contribution in [2.75, 3.05) is 18.0 Å². The molecular formula is C21H16F4N2O3. The fourth-order valence-electron chi connectivity index (χ4n) is 3.66. The molecule has 0 unspecified atom stereocenters. The highest BCUT2D eigenvalue weighted by molar-refractivity contribution is 6.45. The Balaban J connectivity index is 1.71. The Morgan fingerprint density at radius 1 is 0.833 bits per heavy atom. The number of likely N-dealkylation sites (tertiary alicyclic amines) is 1. The van der Waals surface area contributed by atoms with Gasteiger partial charge < -0.3 is 9.64 Å². The molecule has 2 aromatic rings. The number of benzene rings is 2. The maximum atomic E-state index is 13.4. The van der Waals surface area contributed by atoms with Crippen molar-refractivity contribution in [1.29, 1.82) is 0 Å². The first-order valence-electron chi connectivity index (χ1n) is 9.24. The van der Waals surface area contributed by atoms with E-state index in [0.717, 1.165) is 29.9 Å². The summed E-state index contributed by atoms with van der Waals surface area (Å²) in [7, 11) is 0. The van der Waals surface area contributed by atoms with Crippen LogP contribution < -0.4 is 9.64 Å². The number of alkyl halides is 3. The normalized spacial score (nSPS) is 17.3. The molecule has 0 aliphatic carbocycles. The number of hydrogen-bond acceptors (Lipinski definition) is 4. The first-order valence-corrected chi connectivity index (χ1v) is 9.24. The van der Waals surface area contributed by atoms with Crippen LogP contribution in [0.5, 0.6) is 5.75 Å². The second-order valence-corrected chi connectivity index (χ2v) is 6.91. The molecule has 4 rings (SSSR count). The van der Waals surface area contributed by atoms with Crippen LogP contribution >= 0.6 is 0 Å². The van der Waals surface area contributed by atoms with Gasteiger partial charge in [0.25, 0.3) is 11.8 Å². The number of halogens is 4. The summed E-state index contributed by atoms with van der Waals surface area (Å²) in [4.78, 5) is 29.1. The van der Waals surface area contributed by atoms with E-state index in [4.69, 9.17) is 0 Å². The average Bonchev–Trinajstić information content (AvgIpc) is 3.29. The quantitative estimate of drug-likeness (QED) is 0.552. The Morgan fingerprint density at radius 3 is 2.00 bits per heavy atom. The van der Waals surface area contributed by atoms with Gasteiger partial charge in [-0.1, -0.05) is 12.1 Å². The number of hydrogen-bond donors (Lipinski definition) is 0. The van der Waals surface area contributed by atoms with Gasteiger partial charge in [0, 0.05) is 13.1 Å². The molecule has 2 aromatic carbocycles. The van der Waals surface area contributed by atoms with Crippen molar-refractivity contribution in [2.24, 2.45) is 0 Å².